The van der Waals surface area contributed by atoms with Crippen LogP contribution in [0.25, 0.3) is 10.9 Å². The molecule has 1 heterocycles. The number of hydrogen-bond donors (Lipinski definition) is 0. The summed E-state index contributed by atoms with van der Waals surface area (Å²) in [7, 11) is 0. The lowest BCUT2D eigenvalue weighted by Gasteiger charge is -2.11. The van der Waals surface area contributed by atoms with Crippen LogP contribution in [0.5, 0.6) is 0 Å². The van der Waals surface area contributed by atoms with E-state index in [9.17, 15) is 4.79 Å². The second-order valence-corrected chi connectivity index (χ2v) is 6.06. The first-order chi connectivity index (χ1) is 8.82. The molecular formula is C16H20ClNO. The standard InChI is InChI=1S/C16H20ClNO/c1-9(2)8-18-15-11(4)6-10(3)7-13(15)14(12(5)19)16(18)17/h6-7,9H,8H2,1-5H3. The average molecular weight is 278 g/mol. The average Bonchev–Trinajstić information content (AvgIpc) is 2.50. The Bertz CT molecular complexity index is 653. The number of nitrogens with zero attached hydrogens (tertiary/aromatic N) is 1. The first-order valence-electron chi connectivity index (χ1n) is 6.62. The SMILES string of the molecule is CC(=O)c1c(Cl)n(CC(C)C)c2c(C)cc(C)cc12. The van der Waals surface area contributed by atoms with E-state index in [-0.39, 0.29) is 5.78 Å². The molecule has 0 radical (unpaired) electrons. The van der Waals surface area contributed by atoms with E-state index in [0.29, 0.717) is 16.6 Å². The van der Waals surface area contributed by atoms with Crippen molar-refractivity contribution in [2.24, 2.45) is 5.92 Å². The zero-order valence-corrected chi connectivity index (χ0v) is 12.9. The number of carbonyl (C=O) groups is 1. The molecule has 0 unspecified atom stereocenters. The molecule has 0 saturated heterocycles. The predicted molar refractivity (Wildman–Crippen MR) is 81.3 cm³/mol. The number of halogens is 1. The molecular weight excluding hydrogens is 258 g/mol. The van der Waals surface area contributed by atoms with Gasteiger partial charge >= 0.3 is 0 Å². The third-order valence-corrected chi connectivity index (χ3v) is 3.72. The number of aromatic nitrogens is 1. The molecule has 0 fully saturated rings. The molecule has 2 aromatic rings. The summed E-state index contributed by atoms with van der Waals surface area (Å²) in [4.78, 5) is 11.9. The smallest absolute Gasteiger partial charge is 0.163 e. The molecule has 0 N–H and O–H groups in total. The van der Waals surface area contributed by atoms with E-state index in [1.165, 1.54) is 5.56 Å². The molecule has 0 aliphatic carbocycles. The van der Waals surface area contributed by atoms with Gasteiger partial charge in [0.1, 0.15) is 5.15 Å². The van der Waals surface area contributed by atoms with Crippen LogP contribution in [-0.4, -0.2) is 10.4 Å². The van der Waals surface area contributed by atoms with E-state index in [4.69, 9.17) is 11.6 Å². The Balaban J connectivity index is 2.88. The van der Waals surface area contributed by atoms with Gasteiger partial charge in [-0.2, -0.15) is 0 Å². The topological polar surface area (TPSA) is 22.0 Å². The maximum Gasteiger partial charge on any atom is 0.163 e. The van der Waals surface area contributed by atoms with E-state index < -0.39 is 0 Å². The summed E-state index contributed by atoms with van der Waals surface area (Å²) in [5.74, 6) is 0.510. The first kappa shape index (κ1) is 14.1. The van der Waals surface area contributed by atoms with Gasteiger partial charge in [0.15, 0.2) is 5.78 Å². The van der Waals surface area contributed by atoms with Crippen LogP contribution < -0.4 is 0 Å². The lowest BCUT2D eigenvalue weighted by molar-refractivity contribution is 0.101. The van der Waals surface area contributed by atoms with E-state index in [1.54, 1.807) is 6.92 Å². The highest BCUT2D eigenvalue weighted by molar-refractivity contribution is 6.35. The number of aryl methyl sites for hydroxylation is 2. The van der Waals surface area contributed by atoms with Gasteiger partial charge in [-0.05, 0) is 38.3 Å². The lowest BCUT2D eigenvalue weighted by Crippen LogP contribution is -2.05. The van der Waals surface area contributed by atoms with Gasteiger partial charge in [0.2, 0.25) is 0 Å². The number of rotatable bonds is 3. The summed E-state index contributed by atoms with van der Waals surface area (Å²) in [6.45, 7) is 10.8. The third kappa shape index (κ3) is 2.42. The number of fused-ring (bicyclic) bond motifs is 1. The fraction of sp³-hybridized carbons (Fsp3) is 0.438. The van der Waals surface area contributed by atoms with Gasteiger partial charge in [-0.25, -0.2) is 0 Å². The van der Waals surface area contributed by atoms with Crippen LogP contribution in [0.2, 0.25) is 5.15 Å². The molecule has 19 heavy (non-hydrogen) atoms. The summed E-state index contributed by atoms with van der Waals surface area (Å²) in [5.41, 5.74) is 4.08. The number of hydrogen-bond acceptors (Lipinski definition) is 1. The van der Waals surface area contributed by atoms with Gasteiger partial charge in [0.05, 0.1) is 11.1 Å². The summed E-state index contributed by atoms with van der Waals surface area (Å²) in [5, 5.41) is 1.56. The maximum absolute atomic E-state index is 11.9. The van der Waals surface area contributed by atoms with Gasteiger partial charge in [-0.15, -0.1) is 0 Å². The van der Waals surface area contributed by atoms with E-state index >= 15 is 0 Å². The Labute approximate surface area is 119 Å². The lowest BCUT2D eigenvalue weighted by atomic mass is 10.0. The van der Waals surface area contributed by atoms with E-state index in [0.717, 1.165) is 23.0 Å². The number of carbonyl (C=O) groups excluding carboxylic acids is 1. The highest BCUT2D eigenvalue weighted by Crippen LogP contribution is 2.34. The minimum atomic E-state index is 0.0301. The second-order valence-electron chi connectivity index (χ2n) is 5.70. The Hall–Kier alpha value is -1.28. The second kappa shape index (κ2) is 5.01. The van der Waals surface area contributed by atoms with Crippen LogP contribution in [0.4, 0.5) is 0 Å². The number of ketones is 1. The zero-order valence-electron chi connectivity index (χ0n) is 12.2. The van der Waals surface area contributed by atoms with E-state index in [2.05, 4.69) is 37.5 Å². The van der Waals surface area contributed by atoms with Gasteiger partial charge in [0, 0.05) is 11.9 Å². The van der Waals surface area contributed by atoms with Crippen molar-refractivity contribution >= 4 is 28.3 Å². The molecule has 2 rings (SSSR count). The van der Waals surface area contributed by atoms with Gasteiger partial charge in [-0.3, -0.25) is 4.79 Å². The summed E-state index contributed by atoms with van der Waals surface area (Å²) in [6.07, 6.45) is 0. The first-order valence-corrected chi connectivity index (χ1v) is 7.00. The summed E-state index contributed by atoms with van der Waals surface area (Å²) < 4.78 is 2.08. The maximum atomic E-state index is 11.9. The fourth-order valence-electron chi connectivity index (χ4n) is 2.72. The van der Waals surface area contributed by atoms with Crippen LogP contribution >= 0.6 is 11.6 Å². The van der Waals surface area contributed by atoms with Gasteiger partial charge < -0.3 is 4.57 Å². The van der Waals surface area contributed by atoms with Crippen molar-refractivity contribution in [1.82, 2.24) is 4.57 Å². The van der Waals surface area contributed by atoms with E-state index in [1.807, 2.05) is 6.92 Å². The van der Waals surface area contributed by atoms with Gasteiger partial charge in [-0.1, -0.05) is 37.1 Å². The molecule has 0 aliphatic heterocycles. The van der Waals surface area contributed by atoms with Crippen LogP contribution in [0.1, 0.15) is 42.3 Å². The Morgan fingerprint density at radius 3 is 2.47 bits per heavy atom. The predicted octanol–water partition coefficient (Wildman–Crippen LogP) is 4.77. The van der Waals surface area contributed by atoms with Crippen LogP contribution in [0.3, 0.4) is 0 Å². The summed E-state index contributed by atoms with van der Waals surface area (Å²) >= 11 is 6.46. The molecule has 0 spiro atoms. The Morgan fingerprint density at radius 2 is 1.95 bits per heavy atom. The zero-order chi connectivity index (χ0) is 14.3. The largest absolute Gasteiger partial charge is 0.331 e. The molecule has 1 aromatic heterocycles. The van der Waals surface area contributed by atoms with Crippen molar-refractivity contribution < 1.29 is 4.79 Å². The minimum absolute atomic E-state index is 0.0301. The molecule has 0 saturated carbocycles. The van der Waals surface area contributed by atoms with Crippen molar-refractivity contribution in [2.75, 3.05) is 0 Å². The monoisotopic (exact) mass is 277 g/mol. The molecule has 0 amide bonds. The van der Waals surface area contributed by atoms with Crippen molar-refractivity contribution in [2.45, 2.75) is 41.2 Å². The van der Waals surface area contributed by atoms with Crippen LogP contribution in [0, 0.1) is 19.8 Å². The quantitative estimate of drug-likeness (QED) is 0.741. The molecule has 3 heteroatoms. The summed E-state index contributed by atoms with van der Waals surface area (Å²) in [6, 6.07) is 4.20. The number of Topliss-reactive ketones (excluding diaryl/α,β-unsaturated/α-hetero) is 1. The molecule has 0 atom stereocenters. The van der Waals surface area contributed by atoms with Crippen molar-refractivity contribution in [3.8, 4) is 0 Å². The van der Waals surface area contributed by atoms with Crippen LogP contribution in [0.15, 0.2) is 12.1 Å². The third-order valence-electron chi connectivity index (χ3n) is 3.33. The van der Waals surface area contributed by atoms with Crippen molar-refractivity contribution in [3.63, 3.8) is 0 Å². The Morgan fingerprint density at radius 1 is 1.32 bits per heavy atom. The molecule has 0 bridgehead atoms. The molecule has 102 valence electrons. The molecule has 2 nitrogen and oxygen atoms in total. The molecule has 0 aliphatic rings. The molecule has 1 aromatic carbocycles. The minimum Gasteiger partial charge on any atom is -0.331 e. The normalized spacial score (nSPS) is 11.5. The van der Waals surface area contributed by atoms with Crippen LogP contribution in [-0.2, 0) is 6.54 Å². The Kier molecular flexibility index (Phi) is 3.73. The highest BCUT2D eigenvalue weighted by atomic mass is 35.5. The van der Waals surface area contributed by atoms with Crippen molar-refractivity contribution in [3.05, 3.63) is 34.0 Å². The van der Waals surface area contributed by atoms with Gasteiger partial charge in [0.25, 0.3) is 0 Å². The number of benzene rings is 1. The fourth-order valence-corrected chi connectivity index (χ4v) is 3.11. The van der Waals surface area contributed by atoms with Crippen molar-refractivity contribution in [1.29, 1.82) is 0 Å². The highest BCUT2D eigenvalue weighted by Gasteiger charge is 2.20.